The summed E-state index contributed by atoms with van der Waals surface area (Å²) in [5, 5.41) is 3.20. The monoisotopic (exact) mass is 462 g/mol. The molecule has 148 valence electrons. The number of nitrogens with zero attached hydrogens (tertiary/aromatic N) is 1. The van der Waals surface area contributed by atoms with E-state index in [0.717, 1.165) is 26.4 Å². The number of rotatable bonds is 6. The van der Waals surface area contributed by atoms with Gasteiger partial charge in [-0.25, -0.2) is 0 Å². The molecule has 1 unspecified atom stereocenters. The minimum Gasteiger partial charge on any atom is -0.496 e. The molecule has 0 spiro atoms. The molecule has 1 aliphatic heterocycles. The Balaban J connectivity index is 1.55. The van der Waals surface area contributed by atoms with Crippen molar-refractivity contribution in [3.63, 3.8) is 0 Å². The number of halogens is 1. The van der Waals surface area contributed by atoms with Crippen LogP contribution in [0.15, 0.2) is 51.8 Å². The summed E-state index contributed by atoms with van der Waals surface area (Å²) in [5.41, 5.74) is 1.82. The maximum absolute atomic E-state index is 12.7. The summed E-state index contributed by atoms with van der Waals surface area (Å²) in [6.45, 7) is 3.13. The van der Waals surface area contributed by atoms with Crippen LogP contribution in [0.25, 0.3) is 0 Å². The first-order valence-electron chi connectivity index (χ1n) is 9.13. The third kappa shape index (κ3) is 5.08. The van der Waals surface area contributed by atoms with Crippen molar-refractivity contribution in [3.05, 3.63) is 52.5 Å². The van der Waals surface area contributed by atoms with Crippen molar-refractivity contribution in [2.75, 3.05) is 18.6 Å². The average molecular weight is 463 g/mol. The van der Waals surface area contributed by atoms with Crippen LogP contribution < -0.4 is 15.0 Å². The lowest BCUT2D eigenvalue weighted by atomic mass is 10.2. The van der Waals surface area contributed by atoms with Crippen LogP contribution in [-0.4, -0.2) is 30.7 Å². The fraction of sp³-hybridized carbons (Fsp3) is 0.333. The fourth-order valence-corrected chi connectivity index (χ4v) is 4.67. The van der Waals surface area contributed by atoms with Gasteiger partial charge >= 0.3 is 0 Å². The number of amides is 2. The summed E-state index contributed by atoms with van der Waals surface area (Å²) in [6.07, 6.45) is 0.350. The van der Waals surface area contributed by atoms with Crippen molar-refractivity contribution < 1.29 is 14.3 Å². The molecule has 0 radical (unpaired) electrons. The first-order chi connectivity index (χ1) is 13.5. The van der Waals surface area contributed by atoms with Crippen LogP contribution in [0.1, 0.15) is 25.3 Å². The van der Waals surface area contributed by atoms with Crippen molar-refractivity contribution in [3.8, 4) is 5.75 Å². The molecule has 0 fully saturated rings. The lowest BCUT2D eigenvalue weighted by molar-refractivity contribution is -0.125. The van der Waals surface area contributed by atoms with Gasteiger partial charge in [-0.05, 0) is 30.3 Å². The Bertz CT molecular complexity index is 874. The molecule has 0 bridgehead atoms. The number of carbonyl (C=O) groups excluding carboxylic acids is 2. The van der Waals surface area contributed by atoms with Gasteiger partial charge in [0.2, 0.25) is 11.8 Å². The van der Waals surface area contributed by atoms with Crippen molar-refractivity contribution in [1.82, 2.24) is 5.32 Å². The van der Waals surface area contributed by atoms with Gasteiger partial charge in [0.15, 0.2) is 0 Å². The lowest BCUT2D eigenvalue weighted by Gasteiger charge is -2.32. The van der Waals surface area contributed by atoms with Gasteiger partial charge in [0.05, 0.1) is 12.8 Å². The molecule has 2 aromatic rings. The van der Waals surface area contributed by atoms with E-state index in [0.29, 0.717) is 18.3 Å². The smallest absolute Gasteiger partial charge is 0.227 e. The van der Waals surface area contributed by atoms with Crippen molar-refractivity contribution in [2.45, 2.75) is 36.5 Å². The molecule has 28 heavy (non-hydrogen) atoms. The normalized spacial score (nSPS) is 15.7. The molecule has 1 aliphatic rings. The van der Waals surface area contributed by atoms with Crippen molar-refractivity contribution in [2.24, 2.45) is 0 Å². The van der Waals surface area contributed by atoms with Crippen LogP contribution in [0.5, 0.6) is 5.75 Å². The molecule has 0 aliphatic carbocycles. The second kappa shape index (κ2) is 9.47. The summed E-state index contributed by atoms with van der Waals surface area (Å²) in [5.74, 6) is 0.550. The van der Waals surface area contributed by atoms with Gasteiger partial charge in [-0.15, -0.1) is 11.8 Å². The molecule has 3 rings (SSSR count). The third-order valence-electron chi connectivity index (χ3n) is 4.51. The Morgan fingerprint density at radius 2 is 2.04 bits per heavy atom. The number of anilines is 1. The summed E-state index contributed by atoms with van der Waals surface area (Å²) in [7, 11) is 1.60. The van der Waals surface area contributed by atoms with E-state index in [1.54, 1.807) is 23.8 Å². The Morgan fingerprint density at radius 1 is 1.25 bits per heavy atom. The number of ether oxygens (including phenoxy) is 1. The molecule has 1 N–H and O–H groups in total. The highest BCUT2D eigenvalue weighted by molar-refractivity contribution is 9.10. The number of hydrogen-bond acceptors (Lipinski definition) is 4. The number of carbonyl (C=O) groups is 2. The molecule has 0 aromatic heterocycles. The molecule has 5 nitrogen and oxygen atoms in total. The van der Waals surface area contributed by atoms with Gasteiger partial charge < -0.3 is 15.0 Å². The second-order valence-corrected chi connectivity index (χ2v) is 9.03. The van der Waals surface area contributed by atoms with Crippen LogP contribution >= 0.6 is 27.7 Å². The quantitative estimate of drug-likeness (QED) is 0.691. The van der Waals surface area contributed by atoms with Crippen molar-refractivity contribution >= 4 is 45.2 Å². The number of benzene rings is 2. The van der Waals surface area contributed by atoms with Gasteiger partial charge in [0, 0.05) is 46.1 Å². The largest absolute Gasteiger partial charge is 0.496 e. The SMILES string of the molecule is COc1ccc(Br)cc1CNC(=O)CCC(=O)N1CC(C)Sc2ccccc21. The van der Waals surface area contributed by atoms with Gasteiger partial charge in [-0.3, -0.25) is 9.59 Å². The Hall–Kier alpha value is -1.99. The van der Waals surface area contributed by atoms with Crippen LogP contribution in [0.2, 0.25) is 0 Å². The van der Waals surface area contributed by atoms with Gasteiger partial charge in [-0.1, -0.05) is 35.0 Å². The fourth-order valence-electron chi connectivity index (χ4n) is 3.15. The van der Waals surface area contributed by atoms with E-state index in [-0.39, 0.29) is 24.7 Å². The maximum Gasteiger partial charge on any atom is 0.227 e. The van der Waals surface area contributed by atoms with Gasteiger partial charge in [-0.2, -0.15) is 0 Å². The Kier molecular flexibility index (Phi) is 7.02. The summed E-state index contributed by atoms with van der Waals surface area (Å²) in [4.78, 5) is 27.9. The molecule has 1 heterocycles. The average Bonchev–Trinajstić information content (AvgIpc) is 2.69. The zero-order valence-electron chi connectivity index (χ0n) is 15.9. The van der Waals surface area contributed by atoms with E-state index >= 15 is 0 Å². The number of hydrogen-bond donors (Lipinski definition) is 1. The molecular weight excluding hydrogens is 440 g/mol. The first kappa shape index (κ1) is 20.7. The molecule has 7 heteroatoms. The number of thioether (sulfide) groups is 1. The van der Waals surface area contributed by atoms with Gasteiger partial charge in [0.25, 0.3) is 0 Å². The van der Waals surface area contributed by atoms with E-state index in [4.69, 9.17) is 4.74 Å². The molecule has 1 atom stereocenters. The van der Waals surface area contributed by atoms with Crippen LogP contribution in [-0.2, 0) is 16.1 Å². The molecular formula is C21H23BrN2O3S. The second-order valence-electron chi connectivity index (χ2n) is 6.63. The number of methoxy groups -OCH3 is 1. The van der Waals surface area contributed by atoms with E-state index in [1.165, 1.54) is 0 Å². The van der Waals surface area contributed by atoms with E-state index in [2.05, 4.69) is 28.2 Å². The zero-order chi connectivity index (χ0) is 20.1. The number of fused-ring (bicyclic) bond motifs is 1. The Labute approximate surface area is 178 Å². The van der Waals surface area contributed by atoms with E-state index < -0.39 is 0 Å². The summed E-state index contributed by atoms with van der Waals surface area (Å²) >= 11 is 5.20. The predicted octanol–water partition coefficient (Wildman–Crippen LogP) is 4.38. The van der Waals surface area contributed by atoms with Crippen LogP contribution in [0, 0.1) is 0 Å². The highest BCUT2D eigenvalue weighted by Gasteiger charge is 2.26. The zero-order valence-corrected chi connectivity index (χ0v) is 18.3. The molecule has 2 amide bonds. The topological polar surface area (TPSA) is 58.6 Å². The highest BCUT2D eigenvalue weighted by Crippen LogP contribution is 2.38. The summed E-state index contributed by atoms with van der Waals surface area (Å²) in [6, 6.07) is 13.6. The molecule has 0 saturated heterocycles. The third-order valence-corrected chi connectivity index (χ3v) is 6.15. The maximum atomic E-state index is 12.7. The predicted molar refractivity (Wildman–Crippen MR) is 116 cm³/mol. The minimum absolute atomic E-state index is 0.0187. The summed E-state index contributed by atoms with van der Waals surface area (Å²) < 4.78 is 6.24. The van der Waals surface area contributed by atoms with Gasteiger partial charge in [0.1, 0.15) is 5.75 Å². The standard InChI is InChI=1S/C21H23BrN2O3S/c1-14-13-24(17-5-3-4-6-19(17)28-14)21(26)10-9-20(25)23-12-15-11-16(22)7-8-18(15)27-2/h3-8,11,14H,9-10,12-13H2,1-2H3,(H,23,25). The molecule has 0 saturated carbocycles. The van der Waals surface area contributed by atoms with E-state index in [1.807, 2.05) is 42.5 Å². The highest BCUT2D eigenvalue weighted by atomic mass is 79.9. The van der Waals surface area contributed by atoms with E-state index in [9.17, 15) is 9.59 Å². The Morgan fingerprint density at radius 3 is 2.82 bits per heavy atom. The first-order valence-corrected chi connectivity index (χ1v) is 10.8. The van der Waals surface area contributed by atoms with Crippen molar-refractivity contribution in [1.29, 1.82) is 0 Å². The molecule has 2 aromatic carbocycles. The van der Waals surface area contributed by atoms with Crippen LogP contribution in [0.3, 0.4) is 0 Å². The van der Waals surface area contributed by atoms with Crippen LogP contribution in [0.4, 0.5) is 5.69 Å². The lowest BCUT2D eigenvalue weighted by Crippen LogP contribution is -2.39. The minimum atomic E-state index is -0.150. The number of para-hydroxylation sites is 1. The number of nitrogens with one attached hydrogen (secondary N) is 1.